The summed E-state index contributed by atoms with van der Waals surface area (Å²) in [6, 6.07) is 6.01. The molecule has 110 valence electrons. The molecule has 4 aliphatic rings. The van der Waals surface area contributed by atoms with Crippen LogP contribution >= 0.6 is 35.4 Å². The first-order valence-electron chi connectivity index (χ1n) is 7.21. The molecule has 3 fully saturated rings. The highest BCUT2D eigenvalue weighted by Crippen LogP contribution is 2.40. The fourth-order valence-corrected chi connectivity index (χ4v) is 4.56. The number of hydrogen-bond acceptors (Lipinski definition) is 2. The summed E-state index contributed by atoms with van der Waals surface area (Å²) in [5, 5.41) is 5.27. The predicted molar refractivity (Wildman–Crippen MR) is 90.5 cm³/mol. The number of benzene rings is 1. The number of hydrogen-bond donors (Lipinski definition) is 1. The van der Waals surface area contributed by atoms with Crippen molar-refractivity contribution >= 4 is 46.2 Å². The Hall–Kier alpha value is -0.680. The lowest BCUT2D eigenvalue weighted by Gasteiger charge is -2.51. The second kappa shape index (κ2) is 5.20. The zero-order chi connectivity index (χ0) is 14.6. The van der Waals surface area contributed by atoms with E-state index in [9.17, 15) is 0 Å². The van der Waals surface area contributed by atoms with Crippen molar-refractivity contribution in [1.29, 1.82) is 0 Å². The van der Waals surface area contributed by atoms with Crippen LogP contribution in [0.1, 0.15) is 24.4 Å². The van der Waals surface area contributed by atoms with E-state index in [0.29, 0.717) is 21.1 Å². The van der Waals surface area contributed by atoms with Crippen LogP contribution in [0, 0.1) is 5.92 Å². The maximum Gasteiger partial charge on any atom is 0.193 e. The van der Waals surface area contributed by atoms with Crippen LogP contribution in [-0.4, -0.2) is 34.9 Å². The van der Waals surface area contributed by atoms with E-state index in [2.05, 4.69) is 15.2 Å². The van der Waals surface area contributed by atoms with Crippen LogP contribution in [0.2, 0.25) is 10.0 Å². The van der Waals surface area contributed by atoms with Crippen molar-refractivity contribution in [3.05, 3.63) is 33.8 Å². The highest BCUT2D eigenvalue weighted by atomic mass is 35.5. The summed E-state index contributed by atoms with van der Waals surface area (Å²) in [5.41, 5.74) is 2.29. The monoisotopic (exact) mass is 339 g/mol. The number of nitrogens with one attached hydrogen (secondary N) is 1. The normalized spacial score (nSPS) is 34.2. The minimum Gasteiger partial charge on any atom is -0.352 e. The van der Waals surface area contributed by atoms with Crippen LogP contribution < -0.4 is 5.32 Å². The molecule has 4 heterocycles. The lowest BCUT2D eigenvalue weighted by Crippen LogP contribution is -2.62. The Labute approximate surface area is 139 Å². The largest absolute Gasteiger partial charge is 0.352 e. The van der Waals surface area contributed by atoms with E-state index >= 15 is 0 Å². The Morgan fingerprint density at radius 2 is 2.00 bits per heavy atom. The molecule has 0 aromatic heterocycles. The van der Waals surface area contributed by atoms with Gasteiger partial charge in [0, 0.05) is 21.7 Å². The van der Waals surface area contributed by atoms with E-state index in [-0.39, 0.29) is 12.1 Å². The van der Waals surface area contributed by atoms with Gasteiger partial charge in [0.15, 0.2) is 5.11 Å². The Balaban J connectivity index is 1.78. The Morgan fingerprint density at radius 1 is 1.24 bits per heavy atom. The number of halogens is 2. The third-order valence-corrected chi connectivity index (χ3v) is 5.54. The van der Waals surface area contributed by atoms with Gasteiger partial charge in [0.1, 0.15) is 0 Å². The molecule has 2 unspecified atom stereocenters. The highest BCUT2D eigenvalue weighted by molar-refractivity contribution is 7.80. The number of aliphatic imine (C=N–C) groups is 1. The smallest absolute Gasteiger partial charge is 0.193 e. The van der Waals surface area contributed by atoms with Crippen molar-refractivity contribution in [1.82, 2.24) is 10.2 Å². The number of rotatable bonds is 1. The summed E-state index contributed by atoms with van der Waals surface area (Å²) in [4.78, 5) is 7.14. The first-order valence-corrected chi connectivity index (χ1v) is 8.38. The zero-order valence-electron chi connectivity index (χ0n) is 11.4. The van der Waals surface area contributed by atoms with Crippen molar-refractivity contribution in [2.24, 2.45) is 10.9 Å². The third kappa shape index (κ3) is 2.29. The van der Waals surface area contributed by atoms with Gasteiger partial charge in [0.05, 0.1) is 12.1 Å². The van der Waals surface area contributed by atoms with Gasteiger partial charge in [0.2, 0.25) is 0 Å². The van der Waals surface area contributed by atoms with Gasteiger partial charge in [-0.2, -0.15) is 0 Å². The maximum atomic E-state index is 6.42. The summed E-state index contributed by atoms with van der Waals surface area (Å²) in [7, 11) is 0. The van der Waals surface area contributed by atoms with Crippen LogP contribution in [-0.2, 0) is 0 Å². The number of piperidine rings is 3. The first kappa shape index (κ1) is 13.9. The third-order valence-electron chi connectivity index (χ3n) is 4.77. The molecule has 0 radical (unpaired) electrons. The van der Waals surface area contributed by atoms with Crippen molar-refractivity contribution in [3.8, 4) is 0 Å². The summed E-state index contributed by atoms with van der Waals surface area (Å²) in [5.74, 6) is 0.577. The van der Waals surface area contributed by atoms with Gasteiger partial charge in [-0.15, -0.1) is 0 Å². The molecule has 2 bridgehead atoms. The van der Waals surface area contributed by atoms with Crippen LogP contribution in [0.25, 0.3) is 0 Å². The standard InChI is InChI=1S/C15H15Cl2N3S/c16-9-1-2-10(11(17)7-9)13-14-12(18-15(21)19-13)8-3-5-20(14)6-4-8/h1-2,7-8,13-14H,3-6H2,(H,19,21). The summed E-state index contributed by atoms with van der Waals surface area (Å²) >= 11 is 17.8. The number of fused-ring (bicyclic) bond motifs is 2. The van der Waals surface area contributed by atoms with Crippen LogP contribution in [0.5, 0.6) is 0 Å². The minimum absolute atomic E-state index is 0.0675. The predicted octanol–water partition coefficient (Wildman–Crippen LogP) is 3.46. The van der Waals surface area contributed by atoms with E-state index in [1.54, 1.807) is 6.07 Å². The fraction of sp³-hybridized carbons (Fsp3) is 0.467. The van der Waals surface area contributed by atoms with E-state index < -0.39 is 0 Å². The molecule has 1 aromatic carbocycles. The number of nitrogens with zero attached hydrogens (tertiary/aromatic N) is 2. The highest BCUT2D eigenvalue weighted by Gasteiger charge is 2.46. The van der Waals surface area contributed by atoms with Gasteiger partial charge in [-0.3, -0.25) is 4.90 Å². The van der Waals surface area contributed by atoms with E-state index in [4.69, 9.17) is 35.4 Å². The molecule has 0 spiro atoms. The van der Waals surface area contributed by atoms with Gasteiger partial charge in [-0.05, 0) is 55.8 Å². The Bertz CT molecular complexity index is 638. The van der Waals surface area contributed by atoms with Crippen molar-refractivity contribution in [2.45, 2.75) is 24.9 Å². The summed E-state index contributed by atoms with van der Waals surface area (Å²) in [6.45, 7) is 2.26. The summed E-state index contributed by atoms with van der Waals surface area (Å²) in [6.07, 6.45) is 2.39. The zero-order valence-corrected chi connectivity index (χ0v) is 13.7. The summed E-state index contributed by atoms with van der Waals surface area (Å²) < 4.78 is 0. The van der Waals surface area contributed by atoms with Crippen molar-refractivity contribution in [2.75, 3.05) is 13.1 Å². The van der Waals surface area contributed by atoms with Crippen LogP contribution in [0.15, 0.2) is 23.2 Å². The van der Waals surface area contributed by atoms with Crippen molar-refractivity contribution < 1.29 is 0 Å². The van der Waals surface area contributed by atoms with Crippen LogP contribution in [0.3, 0.4) is 0 Å². The fourth-order valence-electron chi connectivity index (χ4n) is 3.80. The molecule has 1 aromatic rings. The molecule has 0 saturated carbocycles. The molecule has 2 atom stereocenters. The SMILES string of the molecule is S=C1N=C2C3CCN(CC3)C2C(c2ccc(Cl)cc2Cl)N1. The molecule has 0 amide bonds. The Kier molecular flexibility index (Phi) is 3.45. The molecule has 3 saturated heterocycles. The number of thiocarbonyl (C=S) groups is 1. The van der Waals surface area contributed by atoms with Gasteiger partial charge < -0.3 is 5.32 Å². The molecule has 0 aliphatic carbocycles. The molecule has 4 aliphatic heterocycles. The second-order valence-corrected chi connectivity index (χ2v) is 7.12. The Morgan fingerprint density at radius 3 is 2.71 bits per heavy atom. The van der Waals surface area contributed by atoms with Gasteiger partial charge in [-0.25, -0.2) is 4.99 Å². The maximum absolute atomic E-state index is 6.42. The quantitative estimate of drug-likeness (QED) is 0.794. The molecular formula is C15H15Cl2N3S. The van der Waals surface area contributed by atoms with Gasteiger partial charge in [0.25, 0.3) is 0 Å². The van der Waals surface area contributed by atoms with Crippen molar-refractivity contribution in [3.63, 3.8) is 0 Å². The molecule has 6 heteroatoms. The topological polar surface area (TPSA) is 27.6 Å². The van der Waals surface area contributed by atoms with E-state index in [1.807, 2.05) is 12.1 Å². The average Bonchev–Trinajstić information content (AvgIpc) is 2.47. The van der Waals surface area contributed by atoms with Gasteiger partial charge >= 0.3 is 0 Å². The minimum atomic E-state index is 0.0675. The first-order chi connectivity index (χ1) is 10.1. The van der Waals surface area contributed by atoms with Gasteiger partial charge in [-0.1, -0.05) is 29.3 Å². The lowest BCUT2D eigenvalue weighted by molar-refractivity contribution is 0.123. The average molecular weight is 340 g/mol. The van der Waals surface area contributed by atoms with E-state index in [1.165, 1.54) is 18.6 Å². The second-order valence-electron chi connectivity index (χ2n) is 5.88. The molecular weight excluding hydrogens is 325 g/mol. The molecule has 1 N–H and O–H groups in total. The molecule has 3 nitrogen and oxygen atoms in total. The van der Waals surface area contributed by atoms with Crippen LogP contribution in [0.4, 0.5) is 0 Å². The molecule has 21 heavy (non-hydrogen) atoms. The lowest BCUT2D eigenvalue weighted by atomic mass is 9.76. The molecule has 5 rings (SSSR count). The van der Waals surface area contributed by atoms with E-state index in [0.717, 1.165) is 18.7 Å².